The average molecular weight is 322 g/mol. The lowest BCUT2D eigenvalue weighted by Crippen LogP contribution is -1.97. The molecule has 0 spiro atoms. The molecule has 3 aromatic heterocycles. The Morgan fingerprint density at radius 2 is 2.22 bits per heavy atom. The van der Waals surface area contributed by atoms with Crippen LogP contribution in [-0.2, 0) is 13.5 Å². The van der Waals surface area contributed by atoms with Gasteiger partial charge in [0.15, 0.2) is 5.82 Å². The summed E-state index contributed by atoms with van der Waals surface area (Å²) in [6.07, 6.45) is 2.94. The summed E-state index contributed by atoms with van der Waals surface area (Å²) in [6, 6.07) is 4.09. The second-order valence-electron chi connectivity index (χ2n) is 4.11. The Balaban J connectivity index is 2.34. The van der Waals surface area contributed by atoms with Crippen LogP contribution in [-0.4, -0.2) is 14.5 Å². The van der Waals surface area contributed by atoms with Gasteiger partial charge in [-0.1, -0.05) is 13.0 Å². The fraction of sp³-hybridized carbons (Fsp3) is 0.231. The van der Waals surface area contributed by atoms with E-state index in [4.69, 9.17) is 4.98 Å². The topological polar surface area (TPSA) is 30.7 Å². The molecular weight excluding hydrogens is 310 g/mol. The molecule has 0 aliphatic rings. The molecule has 0 amide bonds. The summed E-state index contributed by atoms with van der Waals surface area (Å²) >= 11 is 5.25. The van der Waals surface area contributed by atoms with E-state index < -0.39 is 0 Å². The van der Waals surface area contributed by atoms with E-state index in [1.807, 2.05) is 23.9 Å². The number of halogens is 1. The highest BCUT2D eigenvalue weighted by atomic mass is 79.9. The highest BCUT2D eigenvalue weighted by Gasteiger charge is 2.14. The van der Waals surface area contributed by atoms with Gasteiger partial charge in [0, 0.05) is 17.7 Å². The first-order chi connectivity index (χ1) is 8.70. The van der Waals surface area contributed by atoms with Crippen LogP contribution in [0.5, 0.6) is 0 Å². The van der Waals surface area contributed by atoms with E-state index in [9.17, 15) is 0 Å². The van der Waals surface area contributed by atoms with Crippen LogP contribution in [0.25, 0.3) is 21.7 Å². The first-order valence-corrected chi connectivity index (χ1v) is 7.43. The van der Waals surface area contributed by atoms with Crippen LogP contribution in [0, 0.1) is 0 Å². The molecule has 0 aromatic carbocycles. The predicted molar refractivity (Wildman–Crippen MR) is 78.9 cm³/mol. The van der Waals surface area contributed by atoms with Crippen molar-refractivity contribution in [1.82, 2.24) is 14.5 Å². The van der Waals surface area contributed by atoms with Gasteiger partial charge in [0.05, 0.1) is 16.0 Å². The molecule has 3 aromatic rings. The first-order valence-electron chi connectivity index (χ1n) is 5.76. The second-order valence-corrected chi connectivity index (χ2v) is 5.91. The van der Waals surface area contributed by atoms with Crippen molar-refractivity contribution in [3.63, 3.8) is 0 Å². The summed E-state index contributed by atoms with van der Waals surface area (Å²) in [5, 5.41) is 3.18. The quantitative estimate of drug-likeness (QED) is 0.713. The number of rotatable bonds is 2. The first kappa shape index (κ1) is 11.9. The molecule has 0 aliphatic carbocycles. The number of hydrogen-bond donors (Lipinski definition) is 0. The fourth-order valence-electron chi connectivity index (χ4n) is 2.06. The van der Waals surface area contributed by atoms with Gasteiger partial charge in [0.2, 0.25) is 0 Å². The Labute approximate surface area is 118 Å². The second kappa shape index (κ2) is 4.48. The molecule has 0 aliphatic heterocycles. The van der Waals surface area contributed by atoms with Crippen LogP contribution in [0.2, 0.25) is 0 Å². The Kier molecular flexibility index (Phi) is 2.95. The lowest BCUT2D eigenvalue weighted by Gasteiger charge is -2.04. The van der Waals surface area contributed by atoms with Gasteiger partial charge >= 0.3 is 0 Å². The molecule has 92 valence electrons. The van der Waals surface area contributed by atoms with E-state index >= 15 is 0 Å². The van der Waals surface area contributed by atoms with Crippen LogP contribution < -0.4 is 0 Å². The highest BCUT2D eigenvalue weighted by molar-refractivity contribution is 9.10. The molecule has 0 bridgehead atoms. The molecule has 5 heteroatoms. The summed E-state index contributed by atoms with van der Waals surface area (Å²) in [6.45, 7) is 2.12. The smallest absolute Gasteiger partial charge is 0.171 e. The summed E-state index contributed by atoms with van der Waals surface area (Å²) in [4.78, 5) is 10.5. The molecule has 3 rings (SSSR count). The molecule has 0 fully saturated rings. The van der Waals surface area contributed by atoms with Crippen molar-refractivity contribution in [3.05, 3.63) is 33.9 Å². The third-order valence-corrected chi connectivity index (χ3v) is 4.39. The standard InChI is InChI=1S/C13H12BrN3S/c1-3-9-11-8(14)7-17(2)13(11)16-12(15-9)10-5-4-6-18-10/h4-7H,3H2,1-2H3. The number of fused-ring (bicyclic) bond motifs is 1. The van der Waals surface area contributed by atoms with Crippen molar-refractivity contribution >= 4 is 38.3 Å². The number of aryl methyl sites for hydroxylation is 2. The summed E-state index contributed by atoms with van der Waals surface area (Å²) < 4.78 is 3.10. The number of thiophene rings is 1. The van der Waals surface area contributed by atoms with Gasteiger partial charge in [-0.05, 0) is 33.8 Å². The van der Waals surface area contributed by atoms with E-state index in [2.05, 4.69) is 39.3 Å². The van der Waals surface area contributed by atoms with Gasteiger partial charge in [-0.15, -0.1) is 11.3 Å². The Morgan fingerprint density at radius 1 is 1.39 bits per heavy atom. The maximum absolute atomic E-state index is 4.69. The van der Waals surface area contributed by atoms with E-state index in [0.717, 1.165) is 38.3 Å². The van der Waals surface area contributed by atoms with Crippen molar-refractivity contribution < 1.29 is 0 Å². The largest absolute Gasteiger partial charge is 0.334 e. The van der Waals surface area contributed by atoms with Crippen molar-refractivity contribution in [2.24, 2.45) is 7.05 Å². The number of hydrogen-bond acceptors (Lipinski definition) is 3. The van der Waals surface area contributed by atoms with Crippen LogP contribution in [0.1, 0.15) is 12.6 Å². The van der Waals surface area contributed by atoms with Crippen LogP contribution in [0.3, 0.4) is 0 Å². The van der Waals surface area contributed by atoms with Crippen molar-refractivity contribution in [2.75, 3.05) is 0 Å². The van der Waals surface area contributed by atoms with E-state index in [1.54, 1.807) is 11.3 Å². The Morgan fingerprint density at radius 3 is 2.89 bits per heavy atom. The van der Waals surface area contributed by atoms with Crippen LogP contribution >= 0.6 is 27.3 Å². The lowest BCUT2D eigenvalue weighted by atomic mass is 10.2. The van der Waals surface area contributed by atoms with Gasteiger partial charge < -0.3 is 4.57 Å². The molecule has 0 saturated carbocycles. The normalized spacial score (nSPS) is 11.3. The Bertz CT molecular complexity index is 701. The molecule has 18 heavy (non-hydrogen) atoms. The lowest BCUT2D eigenvalue weighted by molar-refractivity contribution is 0.937. The van der Waals surface area contributed by atoms with Gasteiger partial charge in [0.25, 0.3) is 0 Å². The molecule has 0 radical (unpaired) electrons. The summed E-state index contributed by atoms with van der Waals surface area (Å²) in [5.41, 5.74) is 2.08. The van der Waals surface area contributed by atoms with Crippen molar-refractivity contribution in [1.29, 1.82) is 0 Å². The SMILES string of the molecule is CCc1nc(-c2cccs2)nc2c1c(Br)cn2C. The van der Waals surface area contributed by atoms with Gasteiger partial charge in [-0.2, -0.15) is 0 Å². The average Bonchev–Trinajstić information content (AvgIpc) is 2.98. The molecule has 0 N–H and O–H groups in total. The highest BCUT2D eigenvalue weighted by Crippen LogP contribution is 2.30. The maximum atomic E-state index is 4.69. The molecule has 3 heterocycles. The third-order valence-electron chi connectivity index (χ3n) is 2.92. The zero-order valence-corrected chi connectivity index (χ0v) is 12.5. The number of aromatic nitrogens is 3. The molecule has 0 unspecified atom stereocenters. The van der Waals surface area contributed by atoms with Crippen LogP contribution in [0.4, 0.5) is 0 Å². The minimum atomic E-state index is 0.822. The molecule has 3 nitrogen and oxygen atoms in total. The summed E-state index contributed by atoms with van der Waals surface area (Å²) in [7, 11) is 2.01. The van der Waals surface area contributed by atoms with Gasteiger partial charge in [-0.25, -0.2) is 9.97 Å². The zero-order chi connectivity index (χ0) is 12.7. The van der Waals surface area contributed by atoms with Gasteiger partial charge in [-0.3, -0.25) is 0 Å². The molecular formula is C13H12BrN3S. The van der Waals surface area contributed by atoms with Crippen molar-refractivity contribution in [2.45, 2.75) is 13.3 Å². The predicted octanol–water partition coefficient (Wildman–Crippen LogP) is 4.02. The fourth-order valence-corrected chi connectivity index (χ4v) is 3.43. The summed E-state index contributed by atoms with van der Waals surface area (Å²) in [5.74, 6) is 0.822. The number of nitrogens with zero attached hydrogens (tertiary/aromatic N) is 3. The Hall–Kier alpha value is -1.20. The zero-order valence-electron chi connectivity index (χ0n) is 10.1. The third kappa shape index (κ3) is 1.78. The minimum absolute atomic E-state index is 0.822. The van der Waals surface area contributed by atoms with Crippen molar-refractivity contribution in [3.8, 4) is 10.7 Å². The van der Waals surface area contributed by atoms with Gasteiger partial charge in [0.1, 0.15) is 5.65 Å². The maximum Gasteiger partial charge on any atom is 0.171 e. The molecule has 0 saturated heterocycles. The monoisotopic (exact) mass is 321 g/mol. The van der Waals surface area contributed by atoms with E-state index in [-0.39, 0.29) is 0 Å². The van der Waals surface area contributed by atoms with Crippen LogP contribution in [0.15, 0.2) is 28.2 Å². The van der Waals surface area contributed by atoms with E-state index in [1.165, 1.54) is 0 Å². The minimum Gasteiger partial charge on any atom is -0.334 e. The van der Waals surface area contributed by atoms with E-state index in [0.29, 0.717) is 0 Å². The molecule has 0 atom stereocenters.